The molecular formula is C10H9ClN2O2. The molecule has 0 aliphatic carbocycles. The van der Waals surface area contributed by atoms with E-state index in [1.807, 2.05) is 6.07 Å². The zero-order valence-electron chi connectivity index (χ0n) is 7.87. The van der Waals surface area contributed by atoms with E-state index in [9.17, 15) is 4.79 Å². The zero-order valence-corrected chi connectivity index (χ0v) is 8.62. The number of halogens is 1. The number of aromatic nitrogens is 1. The first-order valence-electron chi connectivity index (χ1n) is 4.51. The van der Waals surface area contributed by atoms with E-state index >= 15 is 0 Å². The van der Waals surface area contributed by atoms with E-state index in [1.165, 1.54) is 0 Å². The largest absolute Gasteiger partial charge is 0.389 e. The highest BCUT2D eigenvalue weighted by molar-refractivity contribution is 6.18. The predicted octanol–water partition coefficient (Wildman–Crippen LogP) is 1.84. The van der Waals surface area contributed by atoms with Gasteiger partial charge in [-0.25, -0.2) is 4.79 Å². The van der Waals surface area contributed by atoms with Gasteiger partial charge >= 0.3 is 5.63 Å². The Bertz CT molecular complexity index is 524. The van der Waals surface area contributed by atoms with Gasteiger partial charge in [0.1, 0.15) is 0 Å². The van der Waals surface area contributed by atoms with Gasteiger partial charge in [-0.15, -0.1) is 11.6 Å². The highest BCUT2D eigenvalue weighted by Gasteiger charge is 2.03. The fourth-order valence-electron chi connectivity index (χ4n) is 1.25. The molecule has 5 heteroatoms. The van der Waals surface area contributed by atoms with Crippen LogP contribution in [0.4, 0.5) is 6.01 Å². The first-order chi connectivity index (χ1) is 7.31. The topological polar surface area (TPSA) is 55.1 Å². The van der Waals surface area contributed by atoms with E-state index in [0.29, 0.717) is 23.3 Å². The standard InChI is InChI=1S/C10H9ClN2O2/c11-5-6-12-10-13-8-4-2-1-3-7(8)9(14)15-10/h1-4H,5-6H2,(H,12,13). The van der Waals surface area contributed by atoms with E-state index in [-0.39, 0.29) is 6.01 Å². The van der Waals surface area contributed by atoms with E-state index in [4.69, 9.17) is 16.0 Å². The number of benzene rings is 1. The van der Waals surface area contributed by atoms with E-state index in [1.54, 1.807) is 18.2 Å². The van der Waals surface area contributed by atoms with E-state index < -0.39 is 5.63 Å². The van der Waals surface area contributed by atoms with Gasteiger partial charge < -0.3 is 9.73 Å². The summed E-state index contributed by atoms with van der Waals surface area (Å²) in [7, 11) is 0. The average Bonchev–Trinajstić information content (AvgIpc) is 2.26. The lowest BCUT2D eigenvalue weighted by Gasteiger charge is -2.01. The summed E-state index contributed by atoms with van der Waals surface area (Å²) in [6.45, 7) is 0.510. The molecule has 0 amide bonds. The van der Waals surface area contributed by atoms with Crippen molar-refractivity contribution in [2.24, 2.45) is 0 Å². The zero-order chi connectivity index (χ0) is 10.7. The Kier molecular flexibility index (Phi) is 2.87. The summed E-state index contributed by atoms with van der Waals surface area (Å²) in [4.78, 5) is 15.6. The van der Waals surface area contributed by atoms with Crippen molar-refractivity contribution >= 4 is 28.5 Å². The summed E-state index contributed by atoms with van der Waals surface area (Å²) in [5, 5.41) is 3.30. The quantitative estimate of drug-likeness (QED) is 0.809. The third-order valence-corrected chi connectivity index (χ3v) is 2.10. The minimum absolute atomic E-state index is 0.208. The van der Waals surface area contributed by atoms with Crippen LogP contribution in [0.1, 0.15) is 0 Å². The molecule has 0 saturated carbocycles. The van der Waals surface area contributed by atoms with E-state index in [2.05, 4.69) is 10.3 Å². The van der Waals surface area contributed by atoms with Crippen molar-refractivity contribution in [3.8, 4) is 0 Å². The Morgan fingerprint density at radius 1 is 1.40 bits per heavy atom. The second-order valence-electron chi connectivity index (χ2n) is 2.94. The summed E-state index contributed by atoms with van der Waals surface area (Å²) < 4.78 is 4.96. The number of hydrogen-bond donors (Lipinski definition) is 1. The average molecular weight is 225 g/mol. The number of fused-ring (bicyclic) bond motifs is 1. The van der Waals surface area contributed by atoms with Crippen LogP contribution >= 0.6 is 11.6 Å². The molecule has 0 radical (unpaired) electrons. The highest BCUT2D eigenvalue weighted by Crippen LogP contribution is 2.09. The number of rotatable bonds is 3. The summed E-state index contributed by atoms with van der Waals surface area (Å²) in [6, 6.07) is 7.24. The Balaban J connectivity index is 2.48. The summed E-state index contributed by atoms with van der Waals surface area (Å²) in [5.41, 5.74) is 0.225. The number of nitrogens with one attached hydrogen (secondary N) is 1. The van der Waals surface area contributed by atoms with Gasteiger partial charge in [0.25, 0.3) is 6.01 Å². The van der Waals surface area contributed by atoms with Crippen molar-refractivity contribution in [3.05, 3.63) is 34.7 Å². The minimum atomic E-state index is -0.391. The van der Waals surface area contributed by atoms with E-state index in [0.717, 1.165) is 0 Å². The molecule has 1 N–H and O–H groups in total. The molecule has 0 spiro atoms. The Morgan fingerprint density at radius 3 is 3.00 bits per heavy atom. The van der Waals surface area contributed by atoms with Crippen LogP contribution in [-0.4, -0.2) is 17.4 Å². The molecule has 0 aliphatic heterocycles. The van der Waals surface area contributed by atoms with Gasteiger partial charge in [-0.1, -0.05) is 12.1 Å². The lowest BCUT2D eigenvalue weighted by molar-refractivity contribution is 0.517. The molecule has 1 heterocycles. The second kappa shape index (κ2) is 4.31. The van der Waals surface area contributed by atoms with Crippen molar-refractivity contribution in [3.63, 3.8) is 0 Å². The van der Waals surface area contributed by atoms with Crippen LogP contribution in [0, 0.1) is 0 Å². The minimum Gasteiger partial charge on any atom is -0.389 e. The number of alkyl halides is 1. The first-order valence-corrected chi connectivity index (χ1v) is 5.04. The molecule has 4 nitrogen and oxygen atoms in total. The fraction of sp³-hybridized carbons (Fsp3) is 0.200. The Labute approximate surface area is 90.9 Å². The van der Waals surface area contributed by atoms with Crippen LogP contribution in [-0.2, 0) is 0 Å². The number of para-hydroxylation sites is 1. The van der Waals surface area contributed by atoms with Gasteiger partial charge in [-0.05, 0) is 12.1 Å². The van der Waals surface area contributed by atoms with Gasteiger partial charge in [-0.3, -0.25) is 0 Å². The van der Waals surface area contributed by atoms with Gasteiger partial charge in [0.15, 0.2) is 0 Å². The third kappa shape index (κ3) is 2.10. The Morgan fingerprint density at radius 2 is 2.20 bits per heavy atom. The normalized spacial score (nSPS) is 10.5. The number of hydrogen-bond acceptors (Lipinski definition) is 4. The predicted molar refractivity (Wildman–Crippen MR) is 59.5 cm³/mol. The van der Waals surface area contributed by atoms with Crippen molar-refractivity contribution in [1.29, 1.82) is 0 Å². The van der Waals surface area contributed by atoms with Crippen LogP contribution in [0.2, 0.25) is 0 Å². The number of anilines is 1. The van der Waals surface area contributed by atoms with Gasteiger partial charge in [0.05, 0.1) is 10.9 Å². The first kappa shape index (κ1) is 9.98. The molecule has 0 bridgehead atoms. The van der Waals surface area contributed by atoms with Crippen LogP contribution in [0.5, 0.6) is 0 Å². The molecule has 0 aliphatic rings. The SMILES string of the molecule is O=c1oc(NCCCl)nc2ccccc12. The maximum Gasteiger partial charge on any atom is 0.348 e. The van der Waals surface area contributed by atoms with Crippen LogP contribution in [0.3, 0.4) is 0 Å². The monoisotopic (exact) mass is 224 g/mol. The number of nitrogens with zero attached hydrogens (tertiary/aromatic N) is 1. The van der Waals surface area contributed by atoms with Crippen LogP contribution in [0.25, 0.3) is 10.9 Å². The Hall–Kier alpha value is -1.55. The molecule has 0 saturated heterocycles. The van der Waals surface area contributed by atoms with Crippen molar-refractivity contribution in [2.45, 2.75) is 0 Å². The van der Waals surface area contributed by atoms with Crippen molar-refractivity contribution in [2.75, 3.05) is 17.7 Å². The lowest BCUT2D eigenvalue weighted by atomic mass is 10.2. The molecule has 0 atom stereocenters. The van der Waals surface area contributed by atoms with Crippen molar-refractivity contribution in [1.82, 2.24) is 4.98 Å². The fourth-order valence-corrected chi connectivity index (χ4v) is 1.34. The molecule has 1 aromatic carbocycles. The highest BCUT2D eigenvalue weighted by atomic mass is 35.5. The maximum absolute atomic E-state index is 11.5. The molecular weight excluding hydrogens is 216 g/mol. The summed E-state index contributed by atoms with van der Waals surface area (Å²) in [5.74, 6) is 0.429. The molecule has 15 heavy (non-hydrogen) atoms. The van der Waals surface area contributed by atoms with Crippen LogP contribution in [0.15, 0.2) is 33.5 Å². The smallest absolute Gasteiger partial charge is 0.348 e. The third-order valence-electron chi connectivity index (χ3n) is 1.91. The second-order valence-corrected chi connectivity index (χ2v) is 3.32. The molecule has 1 aromatic heterocycles. The lowest BCUT2D eigenvalue weighted by Crippen LogP contribution is -2.09. The molecule has 0 unspecified atom stereocenters. The molecule has 2 rings (SSSR count). The molecule has 0 fully saturated rings. The summed E-state index contributed by atoms with van der Waals surface area (Å²) >= 11 is 5.50. The molecule has 2 aromatic rings. The van der Waals surface area contributed by atoms with Crippen LogP contribution < -0.4 is 10.9 Å². The van der Waals surface area contributed by atoms with Gasteiger partial charge in [0, 0.05) is 12.4 Å². The summed E-state index contributed by atoms with van der Waals surface area (Å²) in [6.07, 6.45) is 0. The molecule has 78 valence electrons. The van der Waals surface area contributed by atoms with Gasteiger partial charge in [-0.2, -0.15) is 4.98 Å². The van der Waals surface area contributed by atoms with Gasteiger partial charge in [0.2, 0.25) is 0 Å². The maximum atomic E-state index is 11.5. The van der Waals surface area contributed by atoms with Crippen molar-refractivity contribution < 1.29 is 4.42 Å².